The number of rotatable bonds is 0. The molecule has 3 N–H and O–H groups in total. The Morgan fingerprint density at radius 2 is 2.27 bits per heavy atom. The molecule has 0 aromatic heterocycles. The largest absolute Gasteiger partial charge is 0.359 e. The van der Waals surface area contributed by atoms with Crippen molar-refractivity contribution < 1.29 is 9.59 Å². The lowest BCUT2D eigenvalue weighted by Crippen LogP contribution is -2.06. The van der Waals surface area contributed by atoms with Crippen LogP contribution in [0.3, 0.4) is 0 Å². The molecule has 0 bridgehead atoms. The number of nitrogens with two attached hydrogens (primary N) is 1. The summed E-state index contributed by atoms with van der Waals surface area (Å²) in [6, 6.07) is 5.38. The van der Waals surface area contributed by atoms with Crippen LogP contribution < -0.4 is 11.1 Å². The Morgan fingerprint density at radius 1 is 1.47 bits per heavy atom. The van der Waals surface area contributed by atoms with E-state index in [1.54, 1.807) is 12.1 Å². The highest BCUT2D eigenvalue weighted by molar-refractivity contribution is 6.01. The molecule has 4 heteroatoms. The van der Waals surface area contributed by atoms with Gasteiger partial charge in [0.05, 0.1) is 12.1 Å². The first-order chi connectivity index (χ1) is 7.16. The van der Waals surface area contributed by atoms with E-state index in [0.717, 1.165) is 5.56 Å². The van der Waals surface area contributed by atoms with Crippen molar-refractivity contribution in [1.82, 2.24) is 0 Å². The smallest absolute Gasteiger partial charge is 0.293 e. The minimum Gasteiger partial charge on any atom is -0.359 e. The van der Waals surface area contributed by atoms with Crippen molar-refractivity contribution >= 4 is 17.5 Å². The summed E-state index contributed by atoms with van der Waals surface area (Å²) in [5, 5.41) is 2.70. The van der Waals surface area contributed by atoms with Crippen LogP contribution in [0.25, 0.3) is 0 Å². The molecular weight excluding hydrogens is 192 g/mol. The van der Waals surface area contributed by atoms with Gasteiger partial charge >= 0.3 is 0 Å². The average molecular weight is 200 g/mol. The van der Waals surface area contributed by atoms with E-state index in [0.29, 0.717) is 17.7 Å². The summed E-state index contributed by atoms with van der Waals surface area (Å²) in [6.07, 6.45) is 0.363. The van der Waals surface area contributed by atoms with Gasteiger partial charge in [-0.25, -0.2) is 0 Å². The summed E-state index contributed by atoms with van der Waals surface area (Å²) in [5.41, 5.74) is 7.13. The first-order valence-electron chi connectivity index (χ1n) is 4.40. The SMILES string of the molecule is NC(=O)C#Cc1cccc2c1NC(=O)C2. The number of amides is 2. The van der Waals surface area contributed by atoms with E-state index in [1.807, 2.05) is 6.07 Å². The van der Waals surface area contributed by atoms with Gasteiger partial charge in [0.1, 0.15) is 0 Å². The molecule has 0 aliphatic carbocycles. The topological polar surface area (TPSA) is 72.2 Å². The van der Waals surface area contributed by atoms with Crippen LogP contribution in [-0.4, -0.2) is 11.8 Å². The Bertz CT molecular complexity index is 509. The van der Waals surface area contributed by atoms with Gasteiger partial charge in [0.25, 0.3) is 5.91 Å². The van der Waals surface area contributed by atoms with Gasteiger partial charge in [-0.1, -0.05) is 18.1 Å². The quantitative estimate of drug-likeness (QED) is 0.579. The van der Waals surface area contributed by atoms with Crippen molar-refractivity contribution in [3.05, 3.63) is 29.3 Å². The lowest BCUT2D eigenvalue weighted by Gasteiger charge is -2.00. The summed E-state index contributed by atoms with van der Waals surface area (Å²) < 4.78 is 0. The van der Waals surface area contributed by atoms with Crippen molar-refractivity contribution in [1.29, 1.82) is 0 Å². The second kappa shape index (κ2) is 3.46. The Morgan fingerprint density at radius 3 is 3.00 bits per heavy atom. The number of primary amides is 1. The Labute approximate surface area is 86.5 Å². The highest BCUT2D eigenvalue weighted by atomic mass is 16.2. The van der Waals surface area contributed by atoms with Gasteiger partial charge in [-0.05, 0) is 11.6 Å². The van der Waals surface area contributed by atoms with E-state index in [-0.39, 0.29) is 5.91 Å². The fourth-order valence-electron chi connectivity index (χ4n) is 1.48. The van der Waals surface area contributed by atoms with Gasteiger partial charge in [0.2, 0.25) is 5.91 Å². The second-order valence-electron chi connectivity index (χ2n) is 3.18. The van der Waals surface area contributed by atoms with Crippen LogP contribution in [0.1, 0.15) is 11.1 Å². The number of carbonyl (C=O) groups is 2. The van der Waals surface area contributed by atoms with E-state index >= 15 is 0 Å². The fraction of sp³-hybridized carbons (Fsp3) is 0.0909. The Balaban J connectivity index is 2.44. The molecule has 0 saturated carbocycles. The number of para-hydroxylation sites is 1. The molecule has 1 aromatic carbocycles. The number of hydrogen-bond acceptors (Lipinski definition) is 2. The minimum atomic E-state index is -0.683. The first-order valence-corrected chi connectivity index (χ1v) is 4.40. The van der Waals surface area contributed by atoms with Crippen LogP contribution in [-0.2, 0) is 16.0 Å². The van der Waals surface area contributed by atoms with Crippen molar-refractivity contribution in [3.8, 4) is 11.8 Å². The molecule has 0 atom stereocenters. The fourth-order valence-corrected chi connectivity index (χ4v) is 1.48. The van der Waals surface area contributed by atoms with E-state index < -0.39 is 5.91 Å². The maximum Gasteiger partial charge on any atom is 0.293 e. The van der Waals surface area contributed by atoms with Crippen LogP contribution in [0.5, 0.6) is 0 Å². The van der Waals surface area contributed by atoms with E-state index in [4.69, 9.17) is 5.73 Å². The molecule has 0 spiro atoms. The van der Waals surface area contributed by atoms with Crippen molar-refractivity contribution in [2.24, 2.45) is 5.73 Å². The highest BCUT2D eigenvalue weighted by Gasteiger charge is 2.19. The van der Waals surface area contributed by atoms with Crippen LogP contribution >= 0.6 is 0 Å². The molecule has 1 aliphatic rings. The summed E-state index contributed by atoms with van der Waals surface area (Å²) in [6.45, 7) is 0. The molecule has 15 heavy (non-hydrogen) atoms. The zero-order chi connectivity index (χ0) is 10.8. The number of carbonyl (C=O) groups excluding carboxylic acids is 2. The second-order valence-corrected chi connectivity index (χ2v) is 3.18. The highest BCUT2D eigenvalue weighted by Crippen LogP contribution is 2.26. The summed E-state index contributed by atoms with van der Waals surface area (Å²) in [7, 11) is 0. The first kappa shape index (κ1) is 9.28. The van der Waals surface area contributed by atoms with Gasteiger partial charge < -0.3 is 11.1 Å². The van der Waals surface area contributed by atoms with Crippen LogP contribution in [0.4, 0.5) is 5.69 Å². The van der Waals surface area contributed by atoms with Gasteiger partial charge in [-0.15, -0.1) is 0 Å². The number of nitrogens with one attached hydrogen (secondary N) is 1. The van der Waals surface area contributed by atoms with Gasteiger partial charge in [-0.2, -0.15) is 0 Å². The average Bonchev–Trinajstić information content (AvgIpc) is 2.55. The summed E-state index contributed by atoms with van der Waals surface area (Å²) in [5.74, 6) is 4.13. The molecule has 0 radical (unpaired) electrons. The monoisotopic (exact) mass is 200 g/mol. The Hall–Kier alpha value is -2.28. The maximum atomic E-state index is 11.1. The molecule has 1 aromatic rings. The van der Waals surface area contributed by atoms with Gasteiger partial charge in [0.15, 0.2) is 0 Å². The number of hydrogen-bond donors (Lipinski definition) is 2. The minimum absolute atomic E-state index is 0.0571. The molecule has 2 amide bonds. The molecule has 1 aliphatic heterocycles. The molecular formula is C11H8N2O2. The van der Waals surface area contributed by atoms with Gasteiger partial charge in [-0.3, -0.25) is 9.59 Å². The number of anilines is 1. The molecule has 0 saturated heterocycles. The summed E-state index contributed by atoms with van der Waals surface area (Å²) in [4.78, 5) is 21.6. The zero-order valence-electron chi connectivity index (χ0n) is 7.83. The third-order valence-corrected chi connectivity index (χ3v) is 2.09. The van der Waals surface area contributed by atoms with E-state index in [2.05, 4.69) is 17.2 Å². The van der Waals surface area contributed by atoms with E-state index in [9.17, 15) is 9.59 Å². The zero-order valence-corrected chi connectivity index (χ0v) is 7.83. The lowest BCUT2D eigenvalue weighted by atomic mass is 10.1. The van der Waals surface area contributed by atoms with Crippen LogP contribution in [0, 0.1) is 11.8 Å². The van der Waals surface area contributed by atoms with Crippen LogP contribution in [0.2, 0.25) is 0 Å². The molecule has 4 nitrogen and oxygen atoms in total. The van der Waals surface area contributed by atoms with Crippen molar-refractivity contribution in [2.75, 3.05) is 5.32 Å². The lowest BCUT2D eigenvalue weighted by molar-refractivity contribution is -0.115. The molecule has 1 heterocycles. The normalized spacial score (nSPS) is 12.4. The molecule has 74 valence electrons. The third kappa shape index (κ3) is 1.81. The summed E-state index contributed by atoms with van der Waals surface area (Å²) >= 11 is 0. The maximum absolute atomic E-state index is 11.1. The third-order valence-electron chi connectivity index (χ3n) is 2.09. The van der Waals surface area contributed by atoms with Gasteiger partial charge in [0, 0.05) is 11.5 Å². The standard InChI is InChI=1S/C11H8N2O2/c12-9(14)5-4-7-2-1-3-8-6-10(15)13-11(7)8/h1-3H,6H2,(H2,12,14)(H,13,15). The van der Waals surface area contributed by atoms with Crippen molar-refractivity contribution in [3.63, 3.8) is 0 Å². The predicted molar refractivity (Wildman–Crippen MR) is 54.8 cm³/mol. The number of fused-ring (bicyclic) bond motifs is 1. The molecule has 2 rings (SSSR count). The predicted octanol–water partition coefficient (Wildman–Crippen LogP) is 0.0180. The Kier molecular flexibility index (Phi) is 2.14. The molecule has 0 fully saturated rings. The van der Waals surface area contributed by atoms with E-state index in [1.165, 1.54) is 0 Å². The number of benzene rings is 1. The molecule has 0 unspecified atom stereocenters. The van der Waals surface area contributed by atoms with Crippen LogP contribution in [0.15, 0.2) is 18.2 Å². The van der Waals surface area contributed by atoms with Crippen molar-refractivity contribution in [2.45, 2.75) is 6.42 Å².